The van der Waals surface area contributed by atoms with Gasteiger partial charge in [-0.25, -0.2) is 13.4 Å². The second-order valence-corrected chi connectivity index (χ2v) is 9.27. The molecule has 4 aromatic rings. The van der Waals surface area contributed by atoms with Crippen molar-refractivity contribution in [1.82, 2.24) is 19.3 Å². The van der Waals surface area contributed by atoms with Gasteiger partial charge in [0.2, 0.25) is 21.5 Å². The fraction of sp³-hybridized carbons (Fsp3) is 0.190. The topological polar surface area (TPSA) is 137 Å². The van der Waals surface area contributed by atoms with Crippen molar-refractivity contribution in [2.75, 3.05) is 31.6 Å². The van der Waals surface area contributed by atoms with Crippen molar-refractivity contribution in [3.05, 3.63) is 64.4 Å². The Morgan fingerprint density at radius 1 is 1.03 bits per heavy atom. The normalized spacial score (nSPS) is 15.2. The number of carbonyl (C=O) groups excluding carboxylic acids is 1. The second-order valence-electron chi connectivity index (χ2n) is 7.33. The van der Waals surface area contributed by atoms with Gasteiger partial charge in [0.1, 0.15) is 0 Å². The first-order chi connectivity index (χ1) is 15.4. The Hall–Kier alpha value is -3.54. The fourth-order valence-electron chi connectivity index (χ4n) is 3.70. The van der Waals surface area contributed by atoms with Crippen LogP contribution in [0.3, 0.4) is 0 Å². The Labute approximate surface area is 182 Å². The molecule has 0 bridgehead atoms. The van der Waals surface area contributed by atoms with E-state index >= 15 is 0 Å². The summed E-state index contributed by atoms with van der Waals surface area (Å²) in [5, 5.41) is 2.97. The van der Waals surface area contributed by atoms with E-state index in [1.54, 1.807) is 6.07 Å². The smallest absolute Gasteiger partial charge is 0.258 e. The predicted molar refractivity (Wildman–Crippen MR) is 118 cm³/mol. The Morgan fingerprint density at radius 3 is 2.59 bits per heavy atom. The molecule has 2 aromatic carbocycles. The Bertz CT molecular complexity index is 1470. The van der Waals surface area contributed by atoms with Gasteiger partial charge in [-0.05, 0) is 30.3 Å². The Balaban J connectivity index is 1.55. The van der Waals surface area contributed by atoms with Crippen LogP contribution in [0.15, 0.2) is 58.2 Å². The third kappa shape index (κ3) is 3.66. The molecule has 164 valence electrons. The molecule has 1 amide bonds. The molecule has 3 N–H and O–H groups in total. The first-order valence-electron chi connectivity index (χ1n) is 9.93. The lowest BCUT2D eigenvalue weighted by Gasteiger charge is -2.26. The number of H-pyrrole nitrogens is 2. The van der Waals surface area contributed by atoms with E-state index in [9.17, 15) is 18.0 Å². The van der Waals surface area contributed by atoms with Crippen LogP contribution in [0, 0.1) is 0 Å². The van der Waals surface area contributed by atoms with E-state index in [1.165, 1.54) is 22.5 Å². The first-order valence-corrected chi connectivity index (χ1v) is 11.4. The molecule has 0 spiro atoms. The highest BCUT2D eigenvalue weighted by Crippen LogP contribution is 2.24. The van der Waals surface area contributed by atoms with Gasteiger partial charge in [0.05, 0.1) is 34.7 Å². The summed E-state index contributed by atoms with van der Waals surface area (Å²) in [6, 6.07) is 12.7. The average Bonchev–Trinajstić information content (AvgIpc) is 3.21. The summed E-state index contributed by atoms with van der Waals surface area (Å²) in [6.07, 6.45) is 0. The highest BCUT2D eigenvalue weighted by Gasteiger charge is 2.27. The number of morpholine rings is 1. The molecule has 32 heavy (non-hydrogen) atoms. The SMILES string of the molecule is O=C(Nc1nc2ccccc2[nH]1)c1cc(=O)[nH]c2ccc(S(=O)(=O)N3CCOCC3)cc12. The van der Waals surface area contributed by atoms with Crippen LogP contribution in [0.2, 0.25) is 0 Å². The molecule has 0 unspecified atom stereocenters. The number of benzene rings is 2. The van der Waals surface area contributed by atoms with Gasteiger partial charge in [-0.1, -0.05) is 12.1 Å². The molecular formula is C21H19N5O5S. The molecule has 10 nitrogen and oxygen atoms in total. The van der Waals surface area contributed by atoms with Gasteiger partial charge < -0.3 is 14.7 Å². The minimum absolute atomic E-state index is 0.0386. The lowest BCUT2D eigenvalue weighted by atomic mass is 10.1. The molecule has 2 aromatic heterocycles. The summed E-state index contributed by atoms with van der Waals surface area (Å²) >= 11 is 0. The van der Waals surface area contributed by atoms with Crippen molar-refractivity contribution >= 4 is 43.8 Å². The van der Waals surface area contributed by atoms with E-state index < -0.39 is 21.5 Å². The van der Waals surface area contributed by atoms with Gasteiger partial charge in [-0.3, -0.25) is 14.9 Å². The lowest BCUT2D eigenvalue weighted by molar-refractivity contribution is 0.0730. The highest BCUT2D eigenvalue weighted by molar-refractivity contribution is 7.89. The van der Waals surface area contributed by atoms with E-state index in [4.69, 9.17) is 4.74 Å². The maximum absolute atomic E-state index is 13.1. The van der Waals surface area contributed by atoms with Crippen molar-refractivity contribution in [2.45, 2.75) is 4.90 Å². The van der Waals surface area contributed by atoms with E-state index in [-0.39, 0.29) is 29.5 Å². The van der Waals surface area contributed by atoms with Gasteiger partial charge in [0, 0.05) is 30.1 Å². The number of amides is 1. The zero-order chi connectivity index (χ0) is 22.3. The van der Waals surface area contributed by atoms with Crippen LogP contribution < -0.4 is 10.9 Å². The summed E-state index contributed by atoms with van der Waals surface area (Å²) in [4.78, 5) is 35.1. The summed E-state index contributed by atoms with van der Waals surface area (Å²) < 4.78 is 32.7. The first kappa shape index (κ1) is 20.4. The van der Waals surface area contributed by atoms with Crippen molar-refractivity contribution in [3.8, 4) is 0 Å². The second kappa shape index (κ2) is 7.86. The molecule has 0 atom stereocenters. The monoisotopic (exact) mass is 453 g/mol. The third-order valence-corrected chi connectivity index (χ3v) is 7.18. The van der Waals surface area contributed by atoms with Crippen molar-refractivity contribution in [2.24, 2.45) is 0 Å². The van der Waals surface area contributed by atoms with Crippen LogP contribution >= 0.6 is 0 Å². The molecule has 0 aliphatic carbocycles. The highest BCUT2D eigenvalue weighted by atomic mass is 32.2. The van der Waals surface area contributed by atoms with E-state index in [2.05, 4.69) is 20.3 Å². The van der Waals surface area contributed by atoms with Crippen LogP contribution in [0.5, 0.6) is 0 Å². The number of sulfonamides is 1. The standard InChI is InChI=1S/C21H19N5O5S/c27-19-12-15(20(28)25-21-23-17-3-1-2-4-18(17)24-21)14-11-13(5-6-16(14)22-19)32(29,30)26-7-9-31-10-8-26/h1-6,11-12H,7-10H2,(H,22,27)(H2,23,24,25,28). The third-order valence-electron chi connectivity index (χ3n) is 5.29. The predicted octanol–water partition coefficient (Wildman–Crippen LogP) is 1.68. The van der Waals surface area contributed by atoms with Crippen LogP contribution in [0.4, 0.5) is 5.95 Å². The number of para-hydroxylation sites is 2. The largest absolute Gasteiger partial charge is 0.379 e. The number of nitrogens with one attached hydrogen (secondary N) is 3. The molecule has 1 fully saturated rings. The molecular weight excluding hydrogens is 434 g/mol. The molecule has 1 aliphatic rings. The summed E-state index contributed by atoms with van der Waals surface area (Å²) in [6.45, 7) is 1.16. The molecule has 0 saturated carbocycles. The van der Waals surface area contributed by atoms with Gasteiger partial charge in [0.25, 0.3) is 5.91 Å². The molecule has 1 aliphatic heterocycles. The number of hydrogen-bond donors (Lipinski definition) is 3. The Kier molecular flexibility index (Phi) is 5.00. The summed E-state index contributed by atoms with van der Waals surface area (Å²) in [5.74, 6) is -0.359. The zero-order valence-electron chi connectivity index (χ0n) is 16.8. The quantitative estimate of drug-likeness (QED) is 0.430. The van der Waals surface area contributed by atoms with Gasteiger partial charge in [-0.15, -0.1) is 0 Å². The van der Waals surface area contributed by atoms with Crippen molar-refractivity contribution < 1.29 is 17.9 Å². The van der Waals surface area contributed by atoms with Crippen molar-refractivity contribution in [3.63, 3.8) is 0 Å². The van der Waals surface area contributed by atoms with Gasteiger partial charge >= 0.3 is 0 Å². The average molecular weight is 453 g/mol. The minimum Gasteiger partial charge on any atom is -0.379 e. The number of aromatic amines is 2. The number of rotatable bonds is 4. The number of aromatic nitrogens is 3. The van der Waals surface area contributed by atoms with Crippen molar-refractivity contribution in [1.29, 1.82) is 0 Å². The van der Waals surface area contributed by atoms with Gasteiger partial charge in [-0.2, -0.15) is 4.31 Å². The van der Waals surface area contributed by atoms with Crippen LogP contribution in [-0.4, -0.2) is 59.9 Å². The number of ether oxygens (including phenoxy) is 1. The summed E-state index contributed by atoms with van der Waals surface area (Å²) in [7, 11) is -3.77. The number of anilines is 1. The van der Waals surface area contributed by atoms with Crippen LogP contribution in [-0.2, 0) is 14.8 Å². The minimum atomic E-state index is -3.77. The fourth-order valence-corrected chi connectivity index (χ4v) is 5.14. The van der Waals surface area contributed by atoms with Crippen LogP contribution in [0.1, 0.15) is 10.4 Å². The number of carbonyl (C=O) groups is 1. The maximum atomic E-state index is 13.1. The van der Waals surface area contributed by atoms with E-state index in [1.807, 2.05) is 18.2 Å². The maximum Gasteiger partial charge on any atom is 0.258 e. The lowest BCUT2D eigenvalue weighted by Crippen LogP contribution is -2.40. The summed E-state index contributed by atoms with van der Waals surface area (Å²) in [5.41, 5.74) is 1.35. The molecule has 11 heteroatoms. The zero-order valence-corrected chi connectivity index (χ0v) is 17.6. The van der Waals surface area contributed by atoms with Crippen LogP contribution in [0.25, 0.3) is 21.9 Å². The molecule has 5 rings (SSSR count). The van der Waals surface area contributed by atoms with E-state index in [0.29, 0.717) is 29.6 Å². The molecule has 3 heterocycles. The number of nitrogens with zero attached hydrogens (tertiary/aromatic N) is 2. The number of imidazole rings is 1. The van der Waals surface area contributed by atoms with E-state index in [0.717, 1.165) is 11.6 Å². The Morgan fingerprint density at radius 2 is 1.81 bits per heavy atom. The molecule has 0 radical (unpaired) electrons. The molecule has 1 saturated heterocycles. The van der Waals surface area contributed by atoms with Gasteiger partial charge in [0.15, 0.2) is 0 Å². The number of pyridine rings is 1. The number of hydrogen-bond acceptors (Lipinski definition) is 6. The number of fused-ring (bicyclic) bond motifs is 2.